The van der Waals surface area contributed by atoms with Crippen molar-refractivity contribution in [2.45, 2.75) is 26.3 Å². The van der Waals surface area contributed by atoms with E-state index in [0.29, 0.717) is 18.2 Å². The van der Waals surface area contributed by atoms with Crippen LogP contribution < -0.4 is 10.6 Å². The highest BCUT2D eigenvalue weighted by Crippen LogP contribution is 2.11. The van der Waals surface area contributed by atoms with Gasteiger partial charge in [0.2, 0.25) is 5.91 Å². The molecule has 0 radical (unpaired) electrons. The van der Waals surface area contributed by atoms with Crippen molar-refractivity contribution < 1.29 is 4.79 Å². The van der Waals surface area contributed by atoms with Gasteiger partial charge in [-0.2, -0.15) is 0 Å². The molecular formula is C14H18N4O. The van der Waals surface area contributed by atoms with Gasteiger partial charge in [-0.05, 0) is 37.6 Å². The van der Waals surface area contributed by atoms with E-state index < -0.39 is 0 Å². The molecule has 0 bridgehead atoms. The Labute approximate surface area is 112 Å². The third-order valence-corrected chi connectivity index (χ3v) is 2.51. The normalized spacial score (nSPS) is 10.5. The van der Waals surface area contributed by atoms with E-state index in [-0.39, 0.29) is 5.91 Å². The lowest BCUT2D eigenvalue weighted by Gasteiger charge is -2.09. The number of carbonyl (C=O) groups excluding carboxylic acids is 1. The Balaban J connectivity index is 1.90. The van der Waals surface area contributed by atoms with Gasteiger partial charge in [0.1, 0.15) is 5.82 Å². The third-order valence-electron chi connectivity index (χ3n) is 2.51. The van der Waals surface area contributed by atoms with Crippen molar-refractivity contribution >= 4 is 17.4 Å². The Morgan fingerprint density at radius 2 is 2.21 bits per heavy atom. The van der Waals surface area contributed by atoms with Gasteiger partial charge in [-0.1, -0.05) is 0 Å². The fourth-order valence-corrected chi connectivity index (χ4v) is 1.71. The summed E-state index contributed by atoms with van der Waals surface area (Å²) < 4.78 is 0. The number of hydrogen-bond acceptors (Lipinski definition) is 3. The van der Waals surface area contributed by atoms with Gasteiger partial charge in [0.05, 0.1) is 18.3 Å². The highest BCUT2D eigenvalue weighted by molar-refractivity contribution is 5.92. The zero-order chi connectivity index (χ0) is 13.7. The van der Waals surface area contributed by atoms with Gasteiger partial charge >= 0.3 is 0 Å². The summed E-state index contributed by atoms with van der Waals surface area (Å²) in [5.41, 5.74) is 1.67. The third kappa shape index (κ3) is 4.13. The molecule has 0 saturated heterocycles. The maximum absolute atomic E-state index is 11.8. The zero-order valence-electron chi connectivity index (χ0n) is 11.1. The molecule has 2 rings (SSSR count). The van der Waals surface area contributed by atoms with E-state index in [1.165, 1.54) is 0 Å². The number of aromatic amines is 1. The van der Waals surface area contributed by atoms with Crippen molar-refractivity contribution in [1.82, 2.24) is 9.97 Å². The molecule has 2 aromatic rings. The predicted octanol–water partition coefficient (Wildman–Crippen LogP) is 2.41. The first-order valence-electron chi connectivity index (χ1n) is 6.27. The molecule has 0 aliphatic carbocycles. The Hall–Kier alpha value is -2.30. The lowest BCUT2D eigenvalue weighted by Crippen LogP contribution is -2.15. The second-order valence-electron chi connectivity index (χ2n) is 4.68. The average Bonchev–Trinajstić information content (AvgIpc) is 2.83. The van der Waals surface area contributed by atoms with Gasteiger partial charge in [-0.25, -0.2) is 4.98 Å². The van der Waals surface area contributed by atoms with Crippen molar-refractivity contribution in [3.63, 3.8) is 0 Å². The molecule has 0 spiro atoms. The first-order chi connectivity index (χ1) is 9.13. The van der Waals surface area contributed by atoms with Gasteiger partial charge in [0.15, 0.2) is 0 Å². The Morgan fingerprint density at radius 1 is 1.37 bits per heavy atom. The molecule has 1 amide bonds. The van der Waals surface area contributed by atoms with E-state index in [4.69, 9.17) is 0 Å². The summed E-state index contributed by atoms with van der Waals surface area (Å²) in [6, 6.07) is 5.91. The van der Waals surface area contributed by atoms with E-state index in [1.807, 2.05) is 38.2 Å². The van der Waals surface area contributed by atoms with Crippen LogP contribution in [-0.4, -0.2) is 21.9 Å². The van der Waals surface area contributed by atoms with Gasteiger partial charge in [-0.15, -0.1) is 0 Å². The number of amides is 1. The van der Waals surface area contributed by atoms with Crippen LogP contribution in [0.1, 0.15) is 19.4 Å². The number of carbonyl (C=O) groups is 1. The molecule has 100 valence electrons. The fraction of sp³-hybridized carbons (Fsp3) is 0.286. The van der Waals surface area contributed by atoms with Crippen molar-refractivity contribution in [3.8, 4) is 0 Å². The summed E-state index contributed by atoms with van der Waals surface area (Å²) >= 11 is 0. The number of anilines is 2. The van der Waals surface area contributed by atoms with Crippen LogP contribution in [-0.2, 0) is 11.2 Å². The minimum atomic E-state index is -0.0500. The van der Waals surface area contributed by atoms with Crippen LogP contribution in [0.4, 0.5) is 11.5 Å². The van der Waals surface area contributed by atoms with Crippen LogP contribution in [0.2, 0.25) is 0 Å². The molecule has 19 heavy (non-hydrogen) atoms. The maximum Gasteiger partial charge on any atom is 0.228 e. The molecule has 2 aromatic heterocycles. The first kappa shape index (κ1) is 13.1. The molecule has 0 aromatic carbocycles. The molecule has 0 unspecified atom stereocenters. The van der Waals surface area contributed by atoms with E-state index >= 15 is 0 Å². The summed E-state index contributed by atoms with van der Waals surface area (Å²) in [4.78, 5) is 18.9. The second kappa shape index (κ2) is 6.04. The summed E-state index contributed by atoms with van der Waals surface area (Å²) in [6.07, 6.45) is 5.62. The van der Waals surface area contributed by atoms with E-state index in [1.54, 1.807) is 12.4 Å². The van der Waals surface area contributed by atoms with Crippen LogP contribution in [0.3, 0.4) is 0 Å². The fourth-order valence-electron chi connectivity index (χ4n) is 1.71. The predicted molar refractivity (Wildman–Crippen MR) is 76.1 cm³/mol. The number of aromatic nitrogens is 2. The molecule has 0 atom stereocenters. The molecule has 2 heterocycles. The zero-order valence-corrected chi connectivity index (χ0v) is 11.1. The average molecular weight is 258 g/mol. The molecule has 0 fully saturated rings. The van der Waals surface area contributed by atoms with Gasteiger partial charge in [0.25, 0.3) is 0 Å². The number of rotatable bonds is 5. The van der Waals surface area contributed by atoms with Crippen LogP contribution in [0.15, 0.2) is 36.8 Å². The highest BCUT2D eigenvalue weighted by atomic mass is 16.1. The maximum atomic E-state index is 11.8. The standard InChI is InChI=1S/C14H18N4O/c1-10(2)17-13-4-3-12(9-16-13)18-14(19)7-11-5-6-15-8-11/h3-6,8-10,15H,7H2,1-2H3,(H,16,17)(H,18,19). The number of nitrogens with one attached hydrogen (secondary N) is 3. The van der Waals surface area contributed by atoms with Crippen molar-refractivity contribution in [2.24, 2.45) is 0 Å². The molecule has 0 aliphatic rings. The van der Waals surface area contributed by atoms with Crippen molar-refractivity contribution in [1.29, 1.82) is 0 Å². The monoisotopic (exact) mass is 258 g/mol. The minimum Gasteiger partial charge on any atom is -0.368 e. The van der Waals surface area contributed by atoms with Gasteiger partial charge < -0.3 is 15.6 Å². The van der Waals surface area contributed by atoms with Crippen LogP contribution in [0.5, 0.6) is 0 Å². The first-order valence-corrected chi connectivity index (χ1v) is 6.27. The minimum absolute atomic E-state index is 0.0500. The molecule has 3 N–H and O–H groups in total. The number of pyridine rings is 1. The largest absolute Gasteiger partial charge is 0.368 e. The quantitative estimate of drug-likeness (QED) is 0.771. The molecular weight excluding hydrogens is 240 g/mol. The molecule has 0 aliphatic heterocycles. The smallest absolute Gasteiger partial charge is 0.228 e. The summed E-state index contributed by atoms with van der Waals surface area (Å²) in [7, 11) is 0. The van der Waals surface area contributed by atoms with Crippen molar-refractivity contribution in [2.75, 3.05) is 10.6 Å². The second-order valence-corrected chi connectivity index (χ2v) is 4.68. The van der Waals surface area contributed by atoms with Gasteiger partial charge in [0, 0.05) is 18.4 Å². The highest BCUT2D eigenvalue weighted by Gasteiger charge is 2.05. The van der Waals surface area contributed by atoms with Crippen molar-refractivity contribution in [3.05, 3.63) is 42.4 Å². The lowest BCUT2D eigenvalue weighted by molar-refractivity contribution is -0.115. The molecule has 0 saturated carbocycles. The van der Waals surface area contributed by atoms with Crippen LogP contribution >= 0.6 is 0 Å². The Kier molecular flexibility index (Phi) is 4.18. The molecule has 5 heteroatoms. The topological polar surface area (TPSA) is 69.8 Å². The Morgan fingerprint density at radius 3 is 2.79 bits per heavy atom. The van der Waals surface area contributed by atoms with E-state index in [9.17, 15) is 4.79 Å². The summed E-state index contributed by atoms with van der Waals surface area (Å²) in [6.45, 7) is 4.10. The summed E-state index contributed by atoms with van der Waals surface area (Å²) in [5.74, 6) is 0.754. The number of nitrogens with zero attached hydrogens (tertiary/aromatic N) is 1. The molecule has 5 nitrogen and oxygen atoms in total. The van der Waals surface area contributed by atoms with Crippen LogP contribution in [0, 0.1) is 0 Å². The number of H-pyrrole nitrogens is 1. The number of hydrogen-bond donors (Lipinski definition) is 3. The van der Waals surface area contributed by atoms with E-state index in [2.05, 4.69) is 20.6 Å². The van der Waals surface area contributed by atoms with Crippen LogP contribution in [0.25, 0.3) is 0 Å². The van der Waals surface area contributed by atoms with Gasteiger partial charge in [-0.3, -0.25) is 4.79 Å². The Bertz CT molecular complexity index is 517. The van der Waals surface area contributed by atoms with E-state index in [0.717, 1.165) is 11.4 Å². The summed E-state index contributed by atoms with van der Waals surface area (Å²) in [5, 5.41) is 6.01. The lowest BCUT2D eigenvalue weighted by atomic mass is 10.2. The SMILES string of the molecule is CC(C)Nc1ccc(NC(=O)Cc2cc[nH]c2)cn1.